The molecule has 0 heterocycles. The van der Waals surface area contributed by atoms with E-state index in [1.165, 1.54) is 12.1 Å². The number of halogens is 2. The molecule has 0 aliphatic rings. The van der Waals surface area contributed by atoms with E-state index in [0.717, 1.165) is 18.4 Å². The summed E-state index contributed by atoms with van der Waals surface area (Å²) in [5, 5.41) is 0. The first-order valence-electron chi connectivity index (χ1n) is 4.28. The number of benzene rings is 1. The number of allylic oxidation sites excluding steroid dienone is 2. The molecular weight excluding hydrogens is 187 g/mol. The lowest BCUT2D eigenvalue weighted by Gasteiger charge is -1.94. The van der Waals surface area contributed by atoms with Gasteiger partial charge in [-0.25, -0.2) is 4.39 Å². The lowest BCUT2D eigenvalue weighted by atomic mass is 10.1. The SMILES string of the molecule is Fc1ccc(CC=CCCCl)cc1. The van der Waals surface area contributed by atoms with Crippen LogP contribution in [0.25, 0.3) is 0 Å². The molecule has 1 rings (SSSR count). The first kappa shape index (κ1) is 10.3. The van der Waals surface area contributed by atoms with Gasteiger partial charge in [0.2, 0.25) is 0 Å². The third-order valence-corrected chi connectivity index (χ3v) is 1.93. The predicted octanol–water partition coefficient (Wildman–Crippen LogP) is 3.55. The minimum absolute atomic E-state index is 0.187. The Hall–Kier alpha value is -0.820. The van der Waals surface area contributed by atoms with Crippen molar-refractivity contribution < 1.29 is 4.39 Å². The minimum atomic E-state index is -0.187. The first-order valence-corrected chi connectivity index (χ1v) is 4.82. The highest BCUT2D eigenvalue weighted by Crippen LogP contribution is 2.04. The topological polar surface area (TPSA) is 0 Å². The molecule has 0 aliphatic carbocycles. The second kappa shape index (κ2) is 5.76. The summed E-state index contributed by atoms with van der Waals surface area (Å²) < 4.78 is 12.5. The quantitative estimate of drug-likeness (QED) is 0.513. The van der Waals surface area contributed by atoms with Crippen molar-refractivity contribution in [2.75, 3.05) is 5.88 Å². The molecule has 0 atom stereocenters. The van der Waals surface area contributed by atoms with Gasteiger partial charge in [-0.15, -0.1) is 11.6 Å². The van der Waals surface area contributed by atoms with Gasteiger partial charge in [0.15, 0.2) is 0 Å². The molecule has 0 aromatic heterocycles. The fourth-order valence-electron chi connectivity index (χ4n) is 1.02. The van der Waals surface area contributed by atoms with Gasteiger partial charge in [0.25, 0.3) is 0 Å². The van der Waals surface area contributed by atoms with Crippen LogP contribution in [-0.4, -0.2) is 5.88 Å². The van der Waals surface area contributed by atoms with Gasteiger partial charge in [0.1, 0.15) is 5.82 Å². The van der Waals surface area contributed by atoms with Crippen molar-refractivity contribution in [3.8, 4) is 0 Å². The van der Waals surface area contributed by atoms with Crippen molar-refractivity contribution in [1.82, 2.24) is 0 Å². The summed E-state index contributed by atoms with van der Waals surface area (Å²) in [6.07, 6.45) is 5.83. The standard InChI is InChI=1S/C11H12ClF/c12-9-3-1-2-4-10-5-7-11(13)8-6-10/h1-2,5-8H,3-4,9H2. The lowest BCUT2D eigenvalue weighted by Crippen LogP contribution is -1.81. The Kier molecular flexibility index (Phi) is 4.55. The Morgan fingerprint density at radius 2 is 1.85 bits per heavy atom. The van der Waals surface area contributed by atoms with E-state index in [0.29, 0.717) is 5.88 Å². The molecule has 0 N–H and O–H groups in total. The molecule has 0 radical (unpaired) electrons. The zero-order valence-electron chi connectivity index (χ0n) is 7.34. The van der Waals surface area contributed by atoms with Crippen molar-refractivity contribution in [2.45, 2.75) is 12.8 Å². The van der Waals surface area contributed by atoms with Crippen LogP contribution in [0, 0.1) is 5.82 Å². The summed E-state index contributed by atoms with van der Waals surface area (Å²) in [5.74, 6) is 0.466. The molecule has 0 saturated heterocycles. The van der Waals surface area contributed by atoms with Crippen molar-refractivity contribution in [2.24, 2.45) is 0 Å². The number of hydrogen-bond donors (Lipinski definition) is 0. The molecule has 0 aliphatic heterocycles. The van der Waals surface area contributed by atoms with E-state index in [9.17, 15) is 4.39 Å². The molecule has 1 aromatic carbocycles. The van der Waals surface area contributed by atoms with E-state index >= 15 is 0 Å². The minimum Gasteiger partial charge on any atom is -0.207 e. The van der Waals surface area contributed by atoms with Crippen LogP contribution in [0.1, 0.15) is 12.0 Å². The molecule has 0 fully saturated rings. The molecule has 0 spiro atoms. The van der Waals surface area contributed by atoms with Gasteiger partial charge in [-0.1, -0.05) is 24.3 Å². The maximum absolute atomic E-state index is 12.5. The highest BCUT2D eigenvalue weighted by Gasteiger charge is 1.89. The van der Waals surface area contributed by atoms with E-state index < -0.39 is 0 Å². The summed E-state index contributed by atoms with van der Waals surface area (Å²) in [7, 11) is 0. The van der Waals surface area contributed by atoms with Gasteiger partial charge in [-0.3, -0.25) is 0 Å². The molecule has 70 valence electrons. The lowest BCUT2D eigenvalue weighted by molar-refractivity contribution is 0.627. The molecule has 0 amide bonds. The zero-order valence-corrected chi connectivity index (χ0v) is 8.10. The highest BCUT2D eigenvalue weighted by molar-refractivity contribution is 6.17. The molecular formula is C11H12ClF. The number of rotatable bonds is 4. The van der Waals surface area contributed by atoms with Gasteiger partial charge < -0.3 is 0 Å². The second-order valence-electron chi connectivity index (χ2n) is 2.78. The zero-order chi connectivity index (χ0) is 9.52. The highest BCUT2D eigenvalue weighted by atomic mass is 35.5. The molecule has 0 unspecified atom stereocenters. The van der Waals surface area contributed by atoms with Crippen LogP contribution in [0.15, 0.2) is 36.4 Å². The smallest absolute Gasteiger partial charge is 0.123 e. The average Bonchev–Trinajstić information content (AvgIpc) is 2.15. The number of hydrogen-bond acceptors (Lipinski definition) is 0. The Morgan fingerprint density at radius 1 is 1.15 bits per heavy atom. The fraction of sp³-hybridized carbons (Fsp3) is 0.273. The van der Waals surface area contributed by atoms with Gasteiger partial charge in [-0.2, -0.15) is 0 Å². The van der Waals surface area contributed by atoms with Crippen molar-refractivity contribution in [1.29, 1.82) is 0 Å². The van der Waals surface area contributed by atoms with Crippen molar-refractivity contribution in [3.63, 3.8) is 0 Å². The van der Waals surface area contributed by atoms with Crippen molar-refractivity contribution >= 4 is 11.6 Å². The van der Waals surface area contributed by atoms with Gasteiger partial charge in [0, 0.05) is 5.88 Å². The largest absolute Gasteiger partial charge is 0.207 e. The summed E-state index contributed by atoms with van der Waals surface area (Å²) in [4.78, 5) is 0. The van der Waals surface area contributed by atoms with Gasteiger partial charge in [-0.05, 0) is 30.5 Å². The Balaban J connectivity index is 2.41. The van der Waals surface area contributed by atoms with Gasteiger partial charge in [0.05, 0.1) is 0 Å². The fourth-order valence-corrected chi connectivity index (χ4v) is 1.15. The molecule has 1 aromatic rings. The maximum Gasteiger partial charge on any atom is 0.123 e. The van der Waals surface area contributed by atoms with Crippen LogP contribution in [-0.2, 0) is 6.42 Å². The summed E-state index contributed by atoms with van der Waals surface area (Å²) in [6, 6.07) is 6.54. The van der Waals surface area contributed by atoms with Crippen LogP contribution < -0.4 is 0 Å². The normalized spacial score (nSPS) is 10.9. The van der Waals surface area contributed by atoms with Crippen LogP contribution in [0.2, 0.25) is 0 Å². The van der Waals surface area contributed by atoms with Crippen LogP contribution >= 0.6 is 11.6 Å². The van der Waals surface area contributed by atoms with E-state index in [-0.39, 0.29) is 5.82 Å². The third kappa shape index (κ3) is 4.09. The van der Waals surface area contributed by atoms with Crippen LogP contribution in [0.3, 0.4) is 0 Å². The van der Waals surface area contributed by atoms with E-state index in [1.54, 1.807) is 12.1 Å². The van der Waals surface area contributed by atoms with Crippen LogP contribution in [0.5, 0.6) is 0 Å². The van der Waals surface area contributed by atoms with E-state index in [4.69, 9.17) is 11.6 Å². The summed E-state index contributed by atoms with van der Waals surface area (Å²) in [5.41, 5.74) is 1.12. The van der Waals surface area contributed by atoms with E-state index in [1.807, 2.05) is 6.08 Å². The Morgan fingerprint density at radius 3 is 2.46 bits per heavy atom. The molecule has 0 nitrogen and oxygen atoms in total. The van der Waals surface area contributed by atoms with Crippen molar-refractivity contribution in [3.05, 3.63) is 47.8 Å². The van der Waals surface area contributed by atoms with E-state index in [2.05, 4.69) is 6.08 Å². The summed E-state index contributed by atoms with van der Waals surface area (Å²) in [6.45, 7) is 0. The maximum atomic E-state index is 12.5. The average molecular weight is 199 g/mol. The first-order chi connectivity index (χ1) is 6.33. The predicted molar refractivity (Wildman–Crippen MR) is 54.6 cm³/mol. The molecule has 0 bridgehead atoms. The monoisotopic (exact) mass is 198 g/mol. The van der Waals surface area contributed by atoms with Gasteiger partial charge >= 0.3 is 0 Å². The Labute approximate surface area is 83.0 Å². The number of alkyl halides is 1. The Bertz CT molecular complexity index is 264. The second-order valence-corrected chi connectivity index (χ2v) is 3.16. The molecule has 2 heteroatoms. The molecule has 13 heavy (non-hydrogen) atoms. The summed E-state index contributed by atoms with van der Waals surface area (Å²) >= 11 is 5.50. The third-order valence-electron chi connectivity index (χ3n) is 1.71. The van der Waals surface area contributed by atoms with Crippen LogP contribution in [0.4, 0.5) is 4.39 Å². The molecule has 0 saturated carbocycles.